The first-order valence-corrected chi connectivity index (χ1v) is 4.92. The highest BCUT2D eigenvalue weighted by Crippen LogP contribution is 2.58. The molecular weight excluding hydrogens is 324 g/mol. The van der Waals surface area contributed by atoms with Crippen LogP contribution in [0, 0.1) is 5.82 Å². The summed E-state index contributed by atoms with van der Waals surface area (Å²) in [5, 5.41) is 0. The first-order chi connectivity index (χ1) is 9.16. The van der Waals surface area contributed by atoms with E-state index in [9.17, 15) is 43.9 Å². The van der Waals surface area contributed by atoms with Gasteiger partial charge in [0.2, 0.25) is 0 Å². The molecule has 21 heavy (non-hydrogen) atoms. The molecule has 120 valence electrons. The normalized spacial score (nSPS) is 16.7. The van der Waals surface area contributed by atoms with Crippen molar-refractivity contribution in [1.82, 2.24) is 0 Å². The average molecular weight is 329 g/mol. The van der Waals surface area contributed by atoms with E-state index in [1.165, 1.54) is 0 Å². The largest absolute Gasteiger partial charge is 0.457 e. The molecule has 1 rings (SSSR count). The predicted octanol–water partition coefficient (Wildman–Crippen LogP) is 4.33. The Morgan fingerprint density at radius 3 is 1.57 bits per heavy atom. The fraction of sp³-hybridized carbons (Fsp3) is 0.400. The van der Waals surface area contributed by atoms with Crippen molar-refractivity contribution < 1.29 is 43.9 Å². The smallest absolute Gasteiger partial charge is 0.396 e. The van der Waals surface area contributed by atoms with Crippen LogP contribution < -0.4 is 5.73 Å². The lowest BCUT2D eigenvalue weighted by Gasteiger charge is -2.36. The fourth-order valence-corrected chi connectivity index (χ4v) is 1.48. The lowest BCUT2D eigenvalue weighted by molar-refractivity contribution is -0.389. The first-order valence-electron chi connectivity index (χ1n) is 4.92. The molecular formula is C10H5F10N. The highest BCUT2D eigenvalue weighted by atomic mass is 19.4. The van der Waals surface area contributed by atoms with Crippen LogP contribution in [0.3, 0.4) is 0 Å². The first kappa shape index (κ1) is 17.4. The maximum atomic E-state index is 13.8. The summed E-state index contributed by atoms with van der Waals surface area (Å²) in [5.74, 6) is -8.21. The third-order valence-electron chi connectivity index (χ3n) is 2.57. The summed E-state index contributed by atoms with van der Waals surface area (Å²) < 4.78 is 127. The molecule has 0 spiro atoms. The molecule has 0 aliphatic rings. The second kappa shape index (κ2) is 4.67. The summed E-state index contributed by atoms with van der Waals surface area (Å²) in [6.45, 7) is 0. The fourth-order valence-electron chi connectivity index (χ4n) is 1.48. The van der Waals surface area contributed by atoms with Crippen LogP contribution in [0.4, 0.5) is 49.6 Å². The van der Waals surface area contributed by atoms with Gasteiger partial charge in [0.1, 0.15) is 5.82 Å². The molecule has 1 atom stereocenters. The zero-order valence-corrected chi connectivity index (χ0v) is 9.59. The molecule has 0 aliphatic heterocycles. The standard InChI is InChI=1S/C10H5F10N/c11-5-2-1-4(3-6(5)21)7(12,9(15,16)17)8(13,14)10(18,19)20/h1-3H,21H2. The summed E-state index contributed by atoms with van der Waals surface area (Å²) in [5.41, 5.74) is -4.70. The van der Waals surface area contributed by atoms with E-state index in [0.29, 0.717) is 0 Å². The lowest BCUT2D eigenvalue weighted by Crippen LogP contribution is -2.59. The minimum absolute atomic E-state index is 0.0528. The Hall–Kier alpha value is -1.68. The van der Waals surface area contributed by atoms with E-state index in [1.807, 2.05) is 0 Å². The van der Waals surface area contributed by atoms with Crippen LogP contribution in [0.5, 0.6) is 0 Å². The number of halogens is 10. The van der Waals surface area contributed by atoms with Crippen LogP contribution in [-0.2, 0) is 5.67 Å². The quantitative estimate of drug-likeness (QED) is 0.634. The number of nitrogen functional groups attached to an aromatic ring is 1. The zero-order chi connectivity index (χ0) is 16.9. The number of anilines is 1. The van der Waals surface area contributed by atoms with E-state index < -0.39 is 41.0 Å². The van der Waals surface area contributed by atoms with Crippen LogP contribution in [0.15, 0.2) is 18.2 Å². The number of alkyl halides is 9. The minimum atomic E-state index is -6.83. The summed E-state index contributed by atoms with van der Waals surface area (Å²) in [7, 11) is 0. The molecule has 0 radical (unpaired) electrons. The lowest BCUT2D eigenvalue weighted by atomic mass is 9.87. The third kappa shape index (κ3) is 2.48. The van der Waals surface area contributed by atoms with Gasteiger partial charge in [-0.15, -0.1) is 0 Å². The Labute approximate surface area is 110 Å². The Kier molecular flexibility index (Phi) is 3.86. The summed E-state index contributed by atoms with van der Waals surface area (Å²) in [4.78, 5) is 0. The topological polar surface area (TPSA) is 26.0 Å². The van der Waals surface area contributed by atoms with Crippen molar-refractivity contribution in [3.8, 4) is 0 Å². The molecule has 0 saturated carbocycles. The molecule has 1 aromatic carbocycles. The zero-order valence-electron chi connectivity index (χ0n) is 9.59. The third-order valence-corrected chi connectivity index (χ3v) is 2.57. The van der Waals surface area contributed by atoms with E-state index in [1.54, 1.807) is 0 Å². The Morgan fingerprint density at radius 1 is 0.762 bits per heavy atom. The van der Waals surface area contributed by atoms with Gasteiger partial charge in [-0.1, -0.05) is 6.07 Å². The molecule has 0 amide bonds. The maximum absolute atomic E-state index is 13.8. The van der Waals surface area contributed by atoms with Crippen LogP contribution in [0.1, 0.15) is 5.56 Å². The number of benzene rings is 1. The van der Waals surface area contributed by atoms with Crippen molar-refractivity contribution in [2.45, 2.75) is 23.9 Å². The molecule has 0 heterocycles. The summed E-state index contributed by atoms with van der Waals surface area (Å²) in [6, 6.07) is -0.390. The highest BCUT2D eigenvalue weighted by Gasteiger charge is 2.81. The van der Waals surface area contributed by atoms with Crippen molar-refractivity contribution in [2.24, 2.45) is 0 Å². The van der Waals surface area contributed by atoms with E-state index in [0.717, 1.165) is 0 Å². The van der Waals surface area contributed by atoms with Gasteiger partial charge in [0, 0.05) is 5.56 Å². The molecule has 11 heteroatoms. The number of hydrogen-bond acceptors (Lipinski definition) is 1. The van der Waals surface area contributed by atoms with E-state index in [4.69, 9.17) is 5.73 Å². The summed E-state index contributed by atoms with van der Waals surface area (Å²) >= 11 is 0. The monoisotopic (exact) mass is 329 g/mol. The molecule has 0 bridgehead atoms. The molecule has 0 aromatic heterocycles. The number of nitrogens with two attached hydrogens (primary N) is 1. The van der Waals surface area contributed by atoms with Gasteiger partial charge < -0.3 is 5.73 Å². The minimum Gasteiger partial charge on any atom is -0.396 e. The molecule has 0 fully saturated rings. The number of hydrogen-bond donors (Lipinski definition) is 1. The maximum Gasteiger partial charge on any atom is 0.457 e. The van der Waals surface area contributed by atoms with Crippen molar-refractivity contribution >= 4 is 5.69 Å². The second-order valence-corrected chi connectivity index (χ2v) is 3.96. The Bertz CT molecular complexity index is 532. The van der Waals surface area contributed by atoms with Gasteiger partial charge in [-0.25, -0.2) is 8.78 Å². The van der Waals surface area contributed by atoms with Crippen molar-refractivity contribution in [1.29, 1.82) is 0 Å². The highest BCUT2D eigenvalue weighted by molar-refractivity contribution is 5.45. The van der Waals surface area contributed by atoms with Crippen LogP contribution in [0.2, 0.25) is 0 Å². The number of rotatable bonds is 2. The van der Waals surface area contributed by atoms with Gasteiger partial charge in [0.25, 0.3) is 0 Å². The van der Waals surface area contributed by atoms with Crippen molar-refractivity contribution in [2.75, 3.05) is 5.73 Å². The predicted molar refractivity (Wildman–Crippen MR) is 50.7 cm³/mol. The molecule has 0 aliphatic carbocycles. The molecule has 2 N–H and O–H groups in total. The van der Waals surface area contributed by atoms with Crippen LogP contribution in [0.25, 0.3) is 0 Å². The van der Waals surface area contributed by atoms with Gasteiger partial charge in [-0.2, -0.15) is 35.1 Å². The van der Waals surface area contributed by atoms with E-state index in [2.05, 4.69) is 0 Å². The SMILES string of the molecule is Nc1cc(C(F)(C(F)(F)F)C(F)(F)C(F)(F)F)ccc1F. The van der Waals surface area contributed by atoms with Crippen molar-refractivity contribution in [3.63, 3.8) is 0 Å². The molecule has 0 saturated heterocycles. The van der Waals surface area contributed by atoms with Gasteiger partial charge in [0.05, 0.1) is 5.69 Å². The van der Waals surface area contributed by atoms with Gasteiger partial charge in [-0.05, 0) is 12.1 Å². The molecule has 1 unspecified atom stereocenters. The average Bonchev–Trinajstić information content (AvgIpc) is 2.28. The molecule has 1 aromatic rings. The van der Waals surface area contributed by atoms with E-state index in [-0.39, 0.29) is 18.2 Å². The Morgan fingerprint density at radius 2 is 1.24 bits per heavy atom. The second-order valence-electron chi connectivity index (χ2n) is 3.96. The van der Waals surface area contributed by atoms with E-state index >= 15 is 0 Å². The Balaban J connectivity index is 3.67. The van der Waals surface area contributed by atoms with Crippen LogP contribution >= 0.6 is 0 Å². The van der Waals surface area contributed by atoms with Gasteiger partial charge >= 0.3 is 23.9 Å². The summed E-state index contributed by atoms with van der Waals surface area (Å²) in [6.07, 6.45) is -13.5. The van der Waals surface area contributed by atoms with Gasteiger partial charge in [0.15, 0.2) is 0 Å². The van der Waals surface area contributed by atoms with Crippen molar-refractivity contribution in [3.05, 3.63) is 29.6 Å². The molecule has 1 nitrogen and oxygen atoms in total. The van der Waals surface area contributed by atoms with Gasteiger partial charge in [-0.3, -0.25) is 0 Å². The van der Waals surface area contributed by atoms with Crippen LogP contribution in [-0.4, -0.2) is 18.3 Å².